The maximum atomic E-state index is 13.1. The zero-order chi connectivity index (χ0) is 20.7. The number of hydrogen-bond donors (Lipinski definition) is 1. The third kappa shape index (κ3) is 3.47. The Kier molecular flexibility index (Phi) is 4.71. The Labute approximate surface area is 163 Å². The second kappa shape index (κ2) is 6.74. The summed E-state index contributed by atoms with van der Waals surface area (Å²) in [7, 11) is 0. The largest absolute Gasteiger partial charge is 0.325 e. The summed E-state index contributed by atoms with van der Waals surface area (Å²) in [5.74, 6) is -0.382. The molecule has 7 nitrogen and oxygen atoms in total. The van der Waals surface area contributed by atoms with Gasteiger partial charge in [-0.05, 0) is 29.0 Å². The van der Waals surface area contributed by atoms with Crippen LogP contribution in [0.4, 0.5) is 10.5 Å². The van der Waals surface area contributed by atoms with Gasteiger partial charge in [0.05, 0.1) is 11.5 Å². The molecule has 1 unspecified atom stereocenters. The predicted octanol–water partition coefficient (Wildman–Crippen LogP) is 3.86. The van der Waals surface area contributed by atoms with Gasteiger partial charge in [-0.15, -0.1) is 0 Å². The average Bonchev–Trinajstić information content (AvgIpc) is 2.85. The molecule has 1 aliphatic rings. The standard InChI is InChI=1S/C21H23N3O4/c1-20(2,3)15-8-10-16(11-9-15)21(4)18(25)23(19(26)22-21)13-14-6-5-7-17(12-14)24(27)28/h5-12H,13H2,1-4H3,(H,22,26). The van der Waals surface area contributed by atoms with Crippen molar-refractivity contribution in [2.45, 2.75) is 45.2 Å². The molecule has 0 saturated carbocycles. The molecule has 1 saturated heterocycles. The minimum absolute atomic E-state index is 0.0174. The Balaban J connectivity index is 1.86. The summed E-state index contributed by atoms with van der Waals surface area (Å²) < 4.78 is 0. The van der Waals surface area contributed by atoms with Crippen molar-refractivity contribution in [2.24, 2.45) is 0 Å². The van der Waals surface area contributed by atoms with Crippen LogP contribution < -0.4 is 5.32 Å². The van der Waals surface area contributed by atoms with Crippen molar-refractivity contribution in [2.75, 3.05) is 0 Å². The molecule has 0 aromatic heterocycles. The smallest absolute Gasteiger partial charge is 0.319 e. The van der Waals surface area contributed by atoms with Crippen LogP contribution in [-0.2, 0) is 22.3 Å². The number of imide groups is 1. The molecule has 1 fully saturated rings. The molecule has 28 heavy (non-hydrogen) atoms. The Hall–Kier alpha value is -3.22. The van der Waals surface area contributed by atoms with Crippen LogP contribution in [-0.4, -0.2) is 21.8 Å². The maximum absolute atomic E-state index is 13.1. The first kappa shape index (κ1) is 19.5. The lowest BCUT2D eigenvalue weighted by molar-refractivity contribution is -0.384. The molecule has 1 aliphatic heterocycles. The molecule has 2 aromatic rings. The van der Waals surface area contributed by atoms with E-state index in [1.165, 1.54) is 18.2 Å². The van der Waals surface area contributed by atoms with Crippen LogP contribution in [0.15, 0.2) is 48.5 Å². The van der Waals surface area contributed by atoms with Gasteiger partial charge >= 0.3 is 6.03 Å². The maximum Gasteiger partial charge on any atom is 0.325 e. The molecule has 3 amide bonds. The highest BCUT2D eigenvalue weighted by atomic mass is 16.6. The highest BCUT2D eigenvalue weighted by Crippen LogP contribution is 2.32. The topological polar surface area (TPSA) is 92.6 Å². The van der Waals surface area contributed by atoms with Crippen molar-refractivity contribution < 1.29 is 14.5 Å². The molecule has 1 atom stereocenters. The van der Waals surface area contributed by atoms with Gasteiger partial charge in [0.15, 0.2) is 0 Å². The van der Waals surface area contributed by atoms with E-state index >= 15 is 0 Å². The number of benzene rings is 2. The number of carbonyl (C=O) groups excluding carboxylic acids is 2. The van der Waals surface area contributed by atoms with Gasteiger partial charge in [-0.25, -0.2) is 4.79 Å². The number of carbonyl (C=O) groups is 2. The Morgan fingerprint density at radius 2 is 1.75 bits per heavy atom. The number of non-ortho nitro benzene ring substituents is 1. The van der Waals surface area contributed by atoms with E-state index in [9.17, 15) is 19.7 Å². The lowest BCUT2D eigenvalue weighted by Crippen LogP contribution is -2.40. The van der Waals surface area contributed by atoms with E-state index in [1.807, 2.05) is 24.3 Å². The zero-order valence-electron chi connectivity index (χ0n) is 16.4. The van der Waals surface area contributed by atoms with Crippen molar-refractivity contribution in [1.29, 1.82) is 0 Å². The van der Waals surface area contributed by atoms with Crippen LogP contribution in [0.25, 0.3) is 0 Å². The van der Waals surface area contributed by atoms with Crippen LogP contribution in [0, 0.1) is 10.1 Å². The summed E-state index contributed by atoms with van der Waals surface area (Å²) in [4.78, 5) is 37.1. The van der Waals surface area contributed by atoms with Crippen LogP contribution in [0.2, 0.25) is 0 Å². The molecule has 1 heterocycles. The van der Waals surface area contributed by atoms with Gasteiger partial charge in [-0.2, -0.15) is 0 Å². The number of urea groups is 1. The van der Waals surface area contributed by atoms with E-state index in [4.69, 9.17) is 0 Å². The second-order valence-electron chi connectivity index (χ2n) is 8.20. The monoisotopic (exact) mass is 381 g/mol. The molecular weight excluding hydrogens is 358 g/mol. The number of nitrogens with zero attached hydrogens (tertiary/aromatic N) is 2. The number of nitro groups is 1. The summed E-state index contributed by atoms with van der Waals surface area (Å²) in [6, 6.07) is 13.1. The Morgan fingerprint density at radius 3 is 2.32 bits per heavy atom. The fourth-order valence-electron chi connectivity index (χ4n) is 3.29. The summed E-state index contributed by atoms with van der Waals surface area (Å²) in [6.07, 6.45) is 0. The van der Waals surface area contributed by atoms with E-state index in [0.717, 1.165) is 10.5 Å². The summed E-state index contributed by atoms with van der Waals surface area (Å²) in [6.45, 7) is 7.96. The van der Waals surface area contributed by atoms with E-state index in [0.29, 0.717) is 11.1 Å². The van der Waals surface area contributed by atoms with E-state index in [1.54, 1.807) is 13.0 Å². The third-order valence-electron chi connectivity index (χ3n) is 5.07. The Bertz CT molecular complexity index is 947. The minimum atomic E-state index is -1.17. The number of nitrogens with one attached hydrogen (secondary N) is 1. The second-order valence-corrected chi connectivity index (χ2v) is 8.20. The molecule has 146 valence electrons. The van der Waals surface area contributed by atoms with Crippen molar-refractivity contribution in [1.82, 2.24) is 10.2 Å². The molecule has 7 heteroatoms. The lowest BCUT2D eigenvalue weighted by Gasteiger charge is -2.24. The van der Waals surface area contributed by atoms with Crippen LogP contribution in [0.3, 0.4) is 0 Å². The fourth-order valence-corrected chi connectivity index (χ4v) is 3.29. The number of rotatable bonds is 4. The highest BCUT2D eigenvalue weighted by Gasteiger charge is 2.48. The van der Waals surface area contributed by atoms with Gasteiger partial charge in [-0.3, -0.25) is 19.8 Å². The minimum Gasteiger partial charge on any atom is -0.319 e. The van der Waals surface area contributed by atoms with Gasteiger partial charge in [0.1, 0.15) is 5.54 Å². The molecular formula is C21H23N3O4. The van der Waals surface area contributed by atoms with Crippen LogP contribution in [0.5, 0.6) is 0 Å². The zero-order valence-corrected chi connectivity index (χ0v) is 16.4. The summed E-state index contributed by atoms with van der Waals surface area (Å²) in [5, 5.41) is 13.7. The quantitative estimate of drug-likeness (QED) is 0.494. The SMILES string of the molecule is CC(C)(C)c1ccc(C2(C)NC(=O)N(Cc3cccc([N+](=O)[O-])c3)C2=O)cc1. The average molecular weight is 381 g/mol. The van der Waals surface area contributed by atoms with Gasteiger partial charge in [0.25, 0.3) is 11.6 Å². The number of amides is 3. The van der Waals surface area contributed by atoms with E-state index in [-0.39, 0.29) is 23.6 Å². The van der Waals surface area contributed by atoms with Crippen LogP contribution >= 0.6 is 0 Å². The first-order valence-corrected chi connectivity index (χ1v) is 9.01. The van der Waals surface area contributed by atoms with E-state index < -0.39 is 16.5 Å². The number of nitro benzene ring substituents is 1. The van der Waals surface area contributed by atoms with Crippen molar-refractivity contribution in [3.05, 3.63) is 75.3 Å². The molecule has 2 aromatic carbocycles. The normalized spacial score (nSPS) is 19.6. The molecule has 0 radical (unpaired) electrons. The molecule has 1 N–H and O–H groups in total. The van der Waals surface area contributed by atoms with Crippen molar-refractivity contribution in [3.8, 4) is 0 Å². The molecule has 0 bridgehead atoms. The van der Waals surface area contributed by atoms with Gasteiger partial charge in [0, 0.05) is 12.1 Å². The van der Waals surface area contributed by atoms with Crippen LogP contribution in [0.1, 0.15) is 44.4 Å². The van der Waals surface area contributed by atoms with E-state index in [2.05, 4.69) is 26.1 Å². The Morgan fingerprint density at radius 1 is 1.11 bits per heavy atom. The fraction of sp³-hybridized carbons (Fsp3) is 0.333. The van der Waals surface area contributed by atoms with Gasteiger partial charge < -0.3 is 5.32 Å². The highest BCUT2D eigenvalue weighted by molar-refractivity contribution is 6.07. The first-order valence-electron chi connectivity index (χ1n) is 9.01. The summed E-state index contributed by atoms with van der Waals surface area (Å²) >= 11 is 0. The lowest BCUT2D eigenvalue weighted by atomic mass is 9.84. The third-order valence-corrected chi connectivity index (χ3v) is 5.07. The molecule has 3 rings (SSSR count). The van der Waals surface area contributed by atoms with Crippen molar-refractivity contribution in [3.63, 3.8) is 0 Å². The first-order chi connectivity index (χ1) is 13.0. The molecule has 0 spiro atoms. The van der Waals surface area contributed by atoms with Gasteiger partial charge in [0.2, 0.25) is 0 Å². The summed E-state index contributed by atoms with van der Waals surface area (Å²) in [5.41, 5.74) is 1.07. The van der Waals surface area contributed by atoms with Crippen molar-refractivity contribution >= 4 is 17.6 Å². The predicted molar refractivity (Wildman–Crippen MR) is 105 cm³/mol. The number of hydrogen-bond acceptors (Lipinski definition) is 4. The molecule has 0 aliphatic carbocycles. The van der Waals surface area contributed by atoms with Gasteiger partial charge in [-0.1, -0.05) is 57.2 Å².